The molecule has 1 heterocycles. The van der Waals surface area contributed by atoms with Gasteiger partial charge in [-0.05, 0) is 60.7 Å². The van der Waals surface area contributed by atoms with Crippen LogP contribution in [0.15, 0.2) is 53.4 Å². The highest BCUT2D eigenvalue weighted by atomic mass is 32.2. The van der Waals surface area contributed by atoms with Crippen LogP contribution in [0.5, 0.6) is 0 Å². The summed E-state index contributed by atoms with van der Waals surface area (Å²) < 4.78 is 27.0. The van der Waals surface area contributed by atoms with Gasteiger partial charge in [0.2, 0.25) is 15.9 Å². The van der Waals surface area contributed by atoms with Gasteiger partial charge in [-0.3, -0.25) is 4.79 Å². The van der Waals surface area contributed by atoms with Crippen LogP contribution in [-0.2, 0) is 14.8 Å². The molecule has 29 heavy (non-hydrogen) atoms. The lowest BCUT2D eigenvalue weighted by atomic mass is 9.97. The standard InChI is InChI=1S/C22H25N3O3S/c1-16(2)19-4-3-5-20(14-19)24-22(26)18-10-12-25(13-11-18)29(27,28)21-8-6-17(15-23)7-9-21/h3-9,14,16,18H,10-13H2,1-2H3,(H,24,26). The predicted molar refractivity (Wildman–Crippen MR) is 112 cm³/mol. The molecule has 1 aliphatic heterocycles. The molecule has 0 atom stereocenters. The highest BCUT2D eigenvalue weighted by Gasteiger charge is 2.32. The first-order valence-electron chi connectivity index (χ1n) is 9.72. The number of sulfonamides is 1. The van der Waals surface area contributed by atoms with Gasteiger partial charge < -0.3 is 5.32 Å². The molecule has 0 bridgehead atoms. The normalized spacial score (nSPS) is 15.8. The van der Waals surface area contributed by atoms with Gasteiger partial charge in [0.1, 0.15) is 0 Å². The number of hydrogen-bond donors (Lipinski definition) is 1. The maximum absolute atomic E-state index is 12.8. The number of amides is 1. The number of benzene rings is 2. The summed E-state index contributed by atoms with van der Waals surface area (Å²) in [5.41, 5.74) is 2.35. The number of anilines is 1. The predicted octanol–water partition coefficient (Wildman–Crippen LogP) is 3.72. The van der Waals surface area contributed by atoms with Crippen LogP contribution >= 0.6 is 0 Å². The zero-order valence-corrected chi connectivity index (χ0v) is 17.4. The smallest absolute Gasteiger partial charge is 0.243 e. The van der Waals surface area contributed by atoms with Gasteiger partial charge in [0, 0.05) is 24.7 Å². The SMILES string of the molecule is CC(C)c1cccc(NC(=O)C2CCN(S(=O)(=O)c3ccc(C#N)cc3)CC2)c1. The van der Waals surface area contributed by atoms with Crippen molar-refractivity contribution in [1.29, 1.82) is 5.26 Å². The molecule has 0 unspecified atom stereocenters. The third kappa shape index (κ3) is 4.84. The van der Waals surface area contributed by atoms with Crippen LogP contribution in [0, 0.1) is 17.2 Å². The second kappa shape index (κ2) is 8.76. The summed E-state index contributed by atoms with van der Waals surface area (Å²) in [6.45, 7) is 4.80. The number of piperidine rings is 1. The Kier molecular flexibility index (Phi) is 6.36. The van der Waals surface area contributed by atoms with Gasteiger partial charge in [-0.15, -0.1) is 0 Å². The molecular weight excluding hydrogens is 386 g/mol. The van der Waals surface area contributed by atoms with E-state index in [1.54, 1.807) is 0 Å². The van der Waals surface area contributed by atoms with E-state index in [0.717, 1.165) is 11.3 Å². The molecule has 0 aliphatic carbocycles. The maximum Gasteiger partial charge on any atom is 0.243 e. The lowest BCUT2D eigenvalue weighted by molar-refractivity contribution is -0.120. The Balaban J connectivity index is 1.61. The molecule has 6 nitrogen and oxygen atoms in total. The molecule has 1 fully saturated rings. The second-order valence-electron chi connectivity index (χ2n) is 7.58. The van der Waals surface area contributed by atoms with E-state index < -0.39 is 10.0 Å². The van der Waals surface area contributed by atoms with E-state index in [2.05, 4.69) is 19.2 Å². The summed E-state index contributed by atoms with van der Waals surface area (Å²) in [6, 6.07) is 15.7. The van der Waals surface area contributed by atoms with Crippen molar-refractivity contribution in [1.82, 2.24) is 4.31 Å². The molecule has 1 amide bonds. The number of nitrogens with one attached hydrogen (secondary N) is 1. The molecule has 0 aromatic heterocycles. The van der Waals surface area contributed by atoms with Crippen molar-refractivity contribution in [2.45, 2.75) is 37.5 Å². The van der Waals surface area contributed by atoms with Crippen molar-refractivity contribution in [3.05, 3.63) is 59.7 Å². The topological polar surface area (TPSA) is 90.3 Å². The molecule has 2 aromatic rings. The first-order valence-corrected chi connectivity index (χ1v) is 11.2. The molecule has 0 saturated carbocycles. The quantitative estimate of drug-likeness (QED) is 0.812. The van der Waals surface area contributed by atoms with E-state index in [4.69, 9.17) is 5.26 Å². The van der Waals surface area contributed by atoms with Gasteiger partial charge in [-0.2, -0.15) is 9.57 Å². The number of carbonyl (C=O) groups excluding carboxylic acids is 1. The van der Waals surface area contributed by atoms with E-state index in [1.807, 2.05) is 30.3 Å². The minimum Gasteiger partial charge on any atom is -0.326 e. The zero-order valence-electron chi connectivity index (χ0n) is 16.6. The molecule has 152 valence electrons. The number of nitrogens with zero attached hydrogens (tertiary/aromatic N) is 2. The third-order valence-electron chi connectivity index (χ3n) is 5.27. The van der Waals surface area contributed by atoms with Crippen LogP contribution < -0.4 is 5.32 Å². The highest BCUT2D eigenvalue weighted by molar-refractivity contribution is 7.89. The Morgan fingerprint density at radius 3 is 2.38 bits per heavy atom. The van der Waals surface area contributed by atoms with Crippen LogP contribution in [0.25, 0.3) is 0 Å². The summed E-state index contributed by atoms with van der Waals surface area (Å²) in [5, 5.41) is 11.8. The Morgan fingerprint density at radius 2 is 1.79 bits per heavy atom. The Morgan fingerprint density at radius 1 is 1.14 bits per heavy atom. The summed E-state index contributed by atoms with van der Waals surface area (Å²) in [5.74, 6) is 0.0916. The van der Waals surface area contributed by atoms with Crippen molar-refractivity contribution in [2.24, 2.45) is 5.92 Å². The third-order valence-corrected chi connectivity index (χ3v) is 7.18. The number of rotatable bonds is 5. The van der Waals surface area contributed by atoms with Crippen LogP contribution in [0.1, 0.15) is 43.7 Å². The van der Waals surface area contributed by atoms with Gasteiger partial charge in [0.15, 0.2) is 0 Å². The van der Waals surface area contributed by atoms with Crippen molar-refractivity contribution < 1.29 is 13.2 Å². The van der Waals surface area contributed by atoms with Crippen molar-refractivity contribution in [2.75, 3.05) is 18.4 Å². The Bertz CT molecular complexity index is 1020. The van der Waals surface area contributed by atoms with E-state index in [0.29, 0.717) is 37.4 Å². The first kappa shape index (κ1) is 21.0. The summed E-state index contributed by atoms with van der Waals surface area (Å²) >= 11 is 0. The minimum atomic E-state index is -3.62. The van der Waals surface area contributed by atoms with Crippen LogP contribution in [0.4, 0.5) is 5.69 Å². The fourth-order valence-corrected chi connectivity index (χ4v) is 4.90. The molecule has 0 spiro atoms. The van der Waals surface area contributed by atoms with E-state index >= 15 is 0 Å². The van der Waals surface area contributed by atoms with Crippen molar-refractivity contribution >= 4 is 21.6 Å². The van der Waals surface area contributed by atoms with Gasteiger partial charge in [-0.25, -0.2) is 8.42 Å². The van der Waals surface area contributed by atoms with Gasteiger partial charge in [0.25, 0.3) is 0 Å². The van der Waals surface area contributed by atoms with Crippen LogP contribution in [0.3, 0.4) is 0 Å². The van der Waals surface area contributed by atoms with E-state index in [9.17, 15) is 13.2 Å². The molecule has 7 heteroatoms. The molecule has 3 rings (SSSR count). The summed E-state index contributed by atoms with van der Waals surface area (Å²) in [4.78, 5) is 12.8. The monoisotopic (exact) mass is 411 g/mol. The fourth-order valence-electron chi connectivity index (χ4n) is 3.43. The second-order valence-corrected chi connectivity index (χ2v) is 9.52. The van der Waals surface area contributed by atoms with E-state index in [1.165, 1.54) is 28.6 Å². The molecule has 1 aliphatic rings. The average molecular weight is 412 g/mol. The van der Waals surface area contributed by atoms with Crippen molar-refractivity contribution in [3.8, 4) is 6.07 Å². The molecular formula is C22H25N3O3S. The van der Waals surface area contributed by atoms with Gasteiger partial charge >= 0.3 is 0 Å². The lowest BCUT2D eigenvalue weighted by Crippen LogP contribution is -2.41. The summed E-state index contributed by atoms with van der Waals surface area (Å²) in [7, 11) is -3.62. The average Bonchev–Trinajstić information content (AvgIpc) is 2.74. The number of carbonyl (C=O) groups is 1. The largest absolute Gasteiger partial charge is 0.326 e. The molecule has 1 saturated heterocycles. The number of hydrogen-bond acceptors (Lipinski definition) is 4. The highest BCUT2D eigenvalue weighted by Crippen LogP contribution is 2.26. The zero-order chi connectivity index (χ0) is 21.0. The van der Waals surface area contributed by atoms with Gasteiger partial charge in [0.05, 0.1) is 16.5 Å². The fraction of sp³-hybridized carbons (Fsp3) is 0.364. The Labute approximate surface area is 172 Å². The summed E-state index contributed by atoms with van der Waals surface area (Å²) in [6.07, 6.45) is 0.955. The lowest BCUT2D eigenvalue weighted by Gasteiger charge is -2.30. The van der Waals surface area contributed by atoms with Crippen molar-refractivity contribution in [3.63, 3.8) is 0 Å². The van der Waals surface area contributed by atoms with E-state index in [-0.39, 0.29) is 16.7 Å². The van der Waals surface area contributed by atoms with Gasteiger partial charge in [-0.1, -0.05) is 26.0 Å². The van der Waals surface area contributed by atoms with Crippen LogP contribution in [-0.4, -0.2) is 31.7 Å². The molecule has 1 N–H and O–H groups in total. The first-order chi connectivity index (χ1) is 13.8. The maximum atomic E-state index is 12.8. The molecule has 2 aromatic carbocycles. The minimum absolute atomic E-state index is 0.0682. The Hall–Kier alpha value is -2.69. The molecule has 0 radical (unpaired) electrons. The number of nitriles is 1. The van der Waals surface area contributed by atoms with Crippen LogP contribution in [0.2, 0.25) is 0 Å².